The van der Waals surface area contributed by atoms with Gasteiger partial charge in [0.2, 0.25) is 0 Å². The van der Waals surface area contributed by atoms with Crippen molar-refractivity contribution in [2.75, 3.05) is 0 Å². The van der Waals surface area contributed by atoms with Gasteiger partial charge in [0.05, 0.1) is 0 Å². The number of carbonyl (C=O) groups is 1. The molecular weight excluding hydrogens is 291 g/mol. The maximum absolute atomic E-state index is 14.1. The van der Waals surface area contributed by atoms with Gasteiger partial charge in [-0.25, -0.2) is 0 Å². The first-order valence-electron chi connectivity index (χ1n) is 7.12. The van der Waals surface area contributed by atoms with Gasteiger partial charge in [-0.1, -0.05) is 78.9 Å². The van der Waals surface area contributed by atoms with Gasteiger partial charge in [0.15, 0.2) is 12.9 Å². The maximum atomic E-state index is 14.1. The fraction of sp³-hybridized carbons (Fsp3) is 0. The molecule has 0 amide bonds. The van der Waals surface area contributed by atoms with Crippen LogP contribution in [0.15, 0.2) is 78.9 Å². The van der Waals surface area contributed by atoms with Crippen molar-refractivity contribution in [2.24, 2.45) is 0 Å². The second-order valence-corrected chi connectivity index (χ2v) is 8.01. The zero-order chi connectivity index (χ0) is 15.2. The Bertz CT molecular complexity index is 875. The van der Waals surface area contributed by atoms with E-state index in [4.69, 9.17) is 0 Å². The molecule has 0 bridgehead atoms. The Balaban J connectivity index is 2.14. The summed E-state index contributed by atoms with van der Waals surface area (Å²) in [7, 11) is -3.00. The van der Waals surface area contributed by atoms with Gasteiger partial charge in [-0.3, -0.25) is 4.79 Å². The minimum absolute atomic E-state index is 0.0476. The summed E-state index contributed by atoms with van der Waals surface area (Å²) >= 11 is 0. The van der Waals surface area contributed by atoms with Crippen LogP contribution in [0.25, 0.3) is 0 Å². The van der Waals surface area contributed by atoms with E-state index in [0.29, 0.717) is 21.7 Å². The largest absolute Gasteiger partial charge is 0.309 e. The van der Waals surface area contributed by atoms with Crippen molar-refractivity contribution in [2.45, 2.75) is 0 Å². The van der Waals surface area contributed by atoms with Gasteiger partial charge in [-0.15, -0.1) is 0 Å². The molecule has 22 heavy (non-hydrogen) atoms. The zero-order valence-corrected chi connectivity index (χ0v) is 12.7. The van der Waals surface area contributed by atoms with Crippen molar-refractivity contribution in [3.8, 4) is 0 Å². The van der Waals surface area contributed by atoms with E-state index < -0.39 is 7.14 Å². The molecule has 0 spiro atoms. The smallest absolute Gasteiger partial charge is 0.194 e. The lowest BCUT2D eigenvalue weighted by Gasteiger charge is -2.28. The SMILES string of the molecule is O=C1c2ccccc2P(=O)(c2ccccc2)c2ccccc21. The summed E-state index contributed by atoms with van der Waals surface area (Å²) in [6.07, 6.45) is 0. The molecule has 0 N–H and O–H groups in total. The van der Waals surface area contributed by atoms with Crippen molar-refractivity contribution in [1.29, 1.82) is 0 Å². The minimum atomic E-state index is -3.00. The Morgan fingerprint density at radius 2 is 1.05 bits per heavy atom. The Hall–Kier alpha value is -2.44. The van der Waals surface area contributed by atoms with Gasteiger partial charge in [-0.05, 0) is 0 Å². The number of hydrogen-bond donors (Lipinski definition) is 0. The molecule has 1 heterocycles. The second-order valence-electron chi connectivity index (χ2n) is 5.31. The molecule has 0 unspecified atom stereocenters. The van der Waals surface area contributed by atoms with Crippen molar-refractivity contribution < 1.29 is 9.36 Å². The van der Waals surface area contributed by atoms with Gasteiger partial charge in [-0.2, -0.15) is 0 Å². The van der Waals surface area contributed by atoms with Crippen LogP contribution < -0.4 is 15.9 Å². The van der Waals surface area contributed by atoms with Crippen LogP contribution in [0.4, 0.5) is 0 Å². The highest BCUT2D eigenvalue weighted by Gasteiger charge is 2.40. The first kappa shape index (κ1) is 13.2. The van der Waals surface area contributed by atoms with E-state index in [1.54, 1.807) is 12.1 Å². The molecule has 3 aromatic rings. The lowest BCUT2D eigenvalue weighted by Crippen LogP contribution is -2.36. The molecule has 0 saturated carbocycles. The van der Waals surface area contributed by atoms with Crippen molar-refractivity contribution in [3.63, 3.8) is 0 Å². The fourth-order valence-electron chi connectivity index (χ4n) is 3.07. The van der Waals surface area contributed by atoms with E-state index in [2.05, 4.69) is 0 Å². The van der Waals surface area contributed by atoms with Gasteiger partial charge >= 0.3 is 0 Å². The molecule has 0 fully saturated rings. The minimum Gasteiger partial charge on any atom is -0.309 e. The summed E-state index contributed by atoms with van der Waals surface area (Å²) in [5.74, 6) is -0.0476. The Morgan fingerprint density at radius 3 is 1.59 bits per heavy atom. The molecule has 0 saturated heterocycles. The lowest BCUT2D eigenvalue weighted by molar-refractivity contribution is 0.104. The molecule has 0 atom stereocenters. The quantitative estimate of drug-likeness (QED) is 0.507. The van der Waals surface area contributed by atoms with Crippen LogP contribution in [0.5, 0.6) is 0 Å². The van der Waals surface area contributed by atoms with Gasteiger partial charge < -0.3 is 4.57 Å². The third-order valence-corrected chi connectivity index (χ3v) is 7.26. The molecule has 1 aliphatic heterocycles. The van der Waals surface area contributed by atoms with E-state index in [1.165, 1.54) is 0 Å². The molecule has 3 aromatic carbocycles. The standard InChI is InChI=1S/C19H13O2P/c20-19-15-10-4-6-12-17(15)22(21,14-8-2-1-3-9-14)18-13-7-5-11-16(18)19/h1-13H. The average Bonchev–Trinajstić information content (AvgIpc) is 2.60. The van der Waals surface area contributed by atoms with E-state index in [0.717, 1.165) is 5.30 Å². The molecule has 2 nitrogen and oxygen atoms in total. The molecule has 0 radical (unpaired) electrons. The monoisotopic (exact) mass is 304 g/mol. The number of hydrogen-bond acceptors (Lipinski definition) is 2. The Morgan fingerprint density at radius 1 is 0.591 bits per heavy atom. The summed E-state index contributed by atoms with van der Waals surface area (Å²) in [5, 5.41) is 2.05. The van der Waals surface area contributed by atoms with Crippen LogP contribution in [0.2, 0.25) is 0 Å². The average molecular weight is 304 g/mol. The summed E-state index contributed by atoms with van der Waals surface area (Å²) in [6.45, 7) is 0. The number of rotatable bonds is 1. The van der Waals surface area contributed by atoms with Crippen LogP contribution in [0.1, 0.15) is 15.9 Å². The van der Waals surface area contributed by atoms with Crippen molar-refractivity contribution >= 4 is 28.8 Å². The molecule has 1 aliphatic rings. The highest BCUT2D eigenvalue weighted by atomic mass is 31.2. The van der Waals surface area contributed by atoms with E-state index in [1.807, 2.05) is 66.7 Å². The summed E-state index contributed by atoms with van der Waals surface area (Å²) in [5.41, 5.74) is 1.10. The van der Waals surface area contributed by atoms with Crippen LogP contribution in [0, 0.1) is 0 Å². The number of ketones is 1. The van der Waals surface area contributed by atoms with Gasteiger partial charge in [0.25, 0.3) is 0 Å². The first-order chi connectivity index (χ1) is 10.7. The summed E-state index contributed by atoms with van der Waals surface area (Å²) in [6, 6.07) is 23.9. The fourth-order valence-corrected chi connectivity index (χ4v) is 6.10. The van der Waals surface area contributed by atoms with Crippen LogP contribution >= 0.6 is 7.14 Å². The number of carbonyl (C=O) groups excluding carboxylic acids is 1. The van der Waals surface area contributed by atoms with E-state index in [-0.39, 0.29) is 5.78 Å². The molecule has 3 heteroatoms. The zero-order valence-electron chi connectivity index (χ0n) is 11.8. The van der Waals surface area contributed by atoms with Crippen molar-refractivity contribution in [3.05, 3.63) is 90.0 Å². The highest BCUT2D eigenvalue weighted by Crippen LogP contribution is 2.47. The molecule has 0 aliphatic carbocycles. The van der Waals surface area contributed by atoms with E-state index in [9.17, 15) is 9.36 Å². The summed E-state index contributed by atoms with van der Waals surface area (Å²) in [4.78, 5) is 12.7. The highest BCUT2D eigenvalue weighted by molar-refractivity contribution is 7.85. The molecule has 0 aromatic heterocycles. The topological polar surface area (TPSA) is 34.1 Å². The van der Waals surface area contributed by atoms with Gasteiger partial charge in [0.1, 0.15) is 0 Å². The van der Waals surface area contributed by atoms with E-state index >= 15 is 0 Å². The third-order valence-electron chi connectivity index (χ3n) is 4.10. The van der Waals surface area contributed by atoms with Crippen molar-refractivity contribution in [1.82, 2.24) is 0 Å². The van der Waals surface area contributed by atoms with Crippen LogP contribution in [0.3, 0.4) is 0 Å². The molecule has 106 valence electrons. The third kappa shape index (κ3) is 1.68. The van der Waals surface area contributed by atoms with Gasteiger partial charge in [0, 0.05) is 27.0 Å². The van der Waals surface area contributed by atoms with Crippen LogP contribution in [-0.4, -0.2) is 5.78 Å². The normalized spacial score (nSPS) is 15.0. The Kier molecular flexibility index (Phi) is 2.88. The molecular formula is C19H13O2P. The second kappa shape index (κ2) is 4.79. The van der Waals surface area contributed by atoms with Crippen LogP contribution in [-0.2, 0) is 4.57 Å². The summed E-state index contributed by atoms with van der Waals surface area (Å²) < 4.78 is 14.1. The Labute approximate surface area is 128 Å². The predicted octanol–water partition coefficient (Wildman–Crippen LogP) is 2.87. The number of fused-ring (bicyclic) bond motifs is 2. The lowest BCUT2D eigenvalue weighted by atomic mass is 10.0. The number of benzene rings is 3. The maximum Gasteiger partial charge on any atom is 0.194 e. The first-order valence-corrected chi connectivity index (χ1v) is 8.83. The molecule has 4 rings (SSSR count). The predicted molar refractivity (Wildman–Crippen MR) is 89.3 cm³/mol.